The number of hydrogen-bond acceptors (Lipinski definition) is 4. The van der Waals surface area contributed by atoms with Crippen LogP contribution in [0.5, 0.6) is 0 Å². The molecule has 2 aliphatic rings. The first-order chi connectivity index (χ1) is 14.3. The molecule has 1 amide bonds. The van der Waals surface area contributed by atoms with Gasteiger partial charge in [0, 0.05) is 6.04 Å². The lowest BCUT2D eigenvalue weighted by Gasteiger charge is -2.38. The van der Waals surface area contributed by atoms with Crippen LogP contribution < -0.4 is 0 Å². The summed E-state index contributed by atoms with van der Waals surface area (Å²) in [6.45, 7) is 1.57. The van der Waals surface area contributed by atoms with E-state index < -0.39 is 36.0 Å². The fourth-order valence-corrected chi connectivity index (χ4v) is 4.96. The highest BCUT2D eigenvalue weighted by molar-refractivity contribution is 6.08. The average molecular weight is 412 g/mol. The molecule has 1 saturated carbocycles. The van der Waals surface area contributed by atoms with Crippen molar-refractivity contribution in [1.29, 1.82) is 0 Å². The summed E-state index contributed by atoms with van der Waals surface area (Å²) in [5.41, 5.74) is 0.992. The Morgan fingerprint density at radius 3 is 2.47 bits per heavy atom. The number of carboxylic acid groups (broad SMARTS) is 2. The average Bonchev–Trinajstić information content (AvgIpc) is 3.13. The largest absolute Gasteiger partial charge is 0.480 e. The van der Waals surface area contributed by atoms with Crippen LogP contribution in [0.15, 0.2) is 30.3 Å². The summed E-state index contributed by atoms with van der Waals surface area (Å²) in [5.74, 6) is -2.31. The van der Waals surface area contributed by atoms with E-state index in [2.05, 4.69) is 0 Å². The molecule has 0 unspecified atom stereocenters. The van der Waals surface area contributed by atoms with Crippen molar-refractivity contribution in [1.82, 2.24) is 9.71 Å². The third-order valence-electron chi connectivity index (χ3n) is 6.63. The van der Waals surface area contributed by atoms with Crippen LogP contribution in [-0.4, -0.2) is 69.9 Å². The molecule has 160 valence electrons. The maximum atomic E-state index is 13.3. The molecular formula is C22H29BN2O5. The summed E-state index contributed by atoms with van der Waals surface area (Å²) in [4.78, 5) is 39.6. The number of amides is 1. The van der Waals surface area contributed by atoms with Gasteiger partial charge in [0.2, 0.25) is 5.91 Å². The van der Waals surface area contributed by atoms with E-state index in [0.717, 1.165) is 36.1 Å². The zero-order valence-electron chi connectivity index (χ0n) is 17.3. The molecule has 7 nitrogen and oxygen atoms in total. The van der Waals surface area contributed by atoms with Crippen LogP contribution in [0, 0.1) is 5.92 Å². The zero-order valence-corrected chi connectivity index (χ0v) is 17.3. The van der Waals surface area contributed by atoms with Crippen molar-refractivity contribution in [2.45, 2.75) is 76.0 Å². The van der Waals surface area contributed by atoms with Crippen molar-refractivity contribution < 1.29 is 24.6 Å². The van der Waals surface area contributed by atoms with E-state index in [9.17, 15) is 24.6 Å². The third-order valence-corrected chi connectivity index (χ3v) is 6.63. The van der Waals surface area contributed by atoms with Crippen LogP contribution in [0.2, 0.25) is 0 Å². The molecule has 2 radical (unpaired) electrons. The lowest BCUT2D eigenvalue weighted by Crippen LogP contribution is -2.56. The Morgan fingerprint density at radius 1 is 1.17 bits per heavy atom. The van der Waals surface area contributed by atoms with Crippen molar-refractivity contribution >= 4 is 25.8 Å². The molecule has 8 heteroatoms. The lowest BCUT2D eigenvalue weighted by molar-refractivity contribution is -0.153. The summed E-state index contributed by atoms with van der Waals surface area (Å²) in [5, 5.41) is 19.4. The van der Waals surface area contributed by atoms with Crippen molar-refractivity contribution in [2.75, 3.05) is 0 Å². The minimum absolute atomic E-state index is 0.101. The quantitative estimate of drug-likeness (QED) is 0.635. The second-order valence-corrected chi connectivity index (χ2v) is 8.45. The maximum absolute atomic E-state index is 13.3. The Bertz CT molecular complexity index is 774. The van der Waals surface area contributed by atoms with Gasteiger partial charge in [0.05, 0.1) is 12.1 Å². The molecule has 3 rings (SSSR count). The smallest absolute Gasteiger partial charge is 0.326 e. The predicted molar refractivity (Wildman–Crippen MR) is 112 cm³/mol. The monoisotopic (exact) mass is 412 g/mol. The highest BCUT2D eigenvalue weighted by atomic mass is 16.4. The van der Waals surface area contributed by atoms with E-state index in [1.165, 1.54) is 4.90 Å². The van der Waals surface area contributed by atoms with Gasteiger partial charge in [0.15, 0.2) is 7.98 Å². The molecule has 1 aromatic rings. The number of fused-ring (bicyclic) bond motifs is 1. The molecule has 30 heavy (non-hydrogen) atoms. The lowest BCUT2D eigenvalue weighted by atomic mass is 9.84. The van der Waals surface area contributed by atoms with Gasteiger partial charge in [-0.25, -0.2) is 4.79 Å². The minimum Gasteiger partial charge on any atom is -0.480 e. The van der Waals surface area contributed by atoms with Crippen LogP contribution >= 0.6 is 0 Å². The van der Waals surface area contributed by atoms with E-state index in [0.29, 0.717) is 12.8 Å². The maximum Gasteiger partial charge on any atom is 0.326 e. The molecule has 2 fully saturated rings. The molecule has 1 aliphatic carbocycles. The topological polar surface area (TPSA) is 98.2 Å². The number of carboxylic acids is 2. The van der Waals surface area contributed by atoms with Gasteiger partial charge < -0.3 is 19.9 Å². The summed E-state index contributed by atoms with van der Waals surface area (Å²) in [7, 11) is 6.14. The van der Waals surface area contributed by atoms with Crippen LogP contribution in [0.4, 0.5) is 0 Å². The number of carbonyl (C=O) groups is 3. The zero-order chi connectivity index (χ0) is 21.8. The van der Waals surface area contributed by atoms with Gasteiger partial charge in [0.25, 0.3) is 0 Å². The molecule has 5 atom stereocenters. The van der Waals surface area contributed by atoms with E-state index in [-0.39, 0.29) is 18.4 Å². The van der Waals surface area contributed by atoms with E-state index >= 15 is 0 Å². The third kappa shape index (κ3) is 4.69. The molecular weight excluding hydrogens is 383 g/mol. The molecule has 1 aromatic carbocycles. The Labute approximate surface area is 178 Å². The van der Waals surface area contributed by atoms with Crippen molar-refractivity contribution in [3.8, 4) is 0 Å². The number of nitrogens with zero attached hydrogens (tertiary/aromatic N) is 2. The standard InChI is InChI=1S/C22H29BN2O5/c1-14(25(23)18(21(27)28)12-11-15-7-3-2-4-8-15)20(26)24-17-10-6-5-9-16(17)13-19(24)22(29)30/h2-4,7-8,14,16-19H,5-6,9-13H2,1H3,(H,27,28)(H,29,30)/t14-,16+,17-,18-,19-/m0/s1. The number of aliphatic carboxylic acids is 2. The summed E-state index contributed by atoms with van der Waals surface area (Å²) in [6, 6.07) is 6.56. The van der Waals surface area contributed by atoms with E-state index in [1.807, 2.05) is 30.3 Å². The first-order valence-electron chi connectivity index (χ1n) is 10.7. The Hall–Kier alpha value is -2.35. The number of carbonyl (C=O) groups excluding carboxylic acids is 1. The Balaban J connectivity index is 1.73. The normalized spacial score (nSPS) is 25.5. The first-order valence-corrected chi connectivity index (χ1v) is 10.7. The highest BCUT2D eigenvalue weighted by Gasteiger charge is 2.49. The fourth-order valence-electron chi connectivity index (χ4n) is 4.96. The number of benzene rings is 1. The van der Waals surface area contributed by atoms with E-state index in [1.54, 1.807) is 6.92 Å². The van der Waals surface area contributed by atoms with Gasteiger partial charge in [-0.15, -0.1) is 0 Å². The minimum atomic E-state index is -1.10. The number of rotatable bonds is 8. The second-order valence-electron chi connectivity index (χ2n) is 8.45. The summed E-state index contributed by atoms with van der Waals surface area (Å²) >= 11 is 0. The molecule has 1 saturated heterocycles. The number of aryl methyl sites for hydroxylation is 1. The Kier molecular flexibility index (Phi) is 7.18. The van der Waals surface area contributed by atoms with Gasteiger partial charge in [0.1, 0.15) is 6.04 Å². The van der Waals surface area contributed by atoms with Crippen LogP contribution in [0.3, 0.4) is 0 Å². The van der Waals surface area contributed by atoms with Crippen molar-refractivity contribution in [3.63, 3.8) is 0 Å². The first kappa shape index (κ1) is 22.3. The molecule has 0 bridgehead atoms. The van der Waals surface area contributed by atoms with Crippen molar-refractivity contribution in [3.05, 3.63) is 35.9 Å². The van der Waals surface area contributed by atoms with Crippen LogP contribution in [0.1, 0.15) is 51.0 Å². The Morgan fingerprint density at radius 2 is 1.83 bits per heavy atom. The molecule has 1 heterocycles. The molecule has 0 aromatic heterocycles. The molecule has 0 spiro atoms. The van der Waals surface area contributed by atoms with Crippen molar-refractivity contribution in [2.24, 2.45) is 5.92 Å². The van der Waals surface area contributed by atoms with Crippen LogP contribution in [0.25, 0.3) is 0 Å². The summed E-state index contributed by atoms with van der Waals surface area (Å²) < 4.78 is 0. The highest BCUT2D eigenvalue weighted by Crippen LogP contribution is 2.40. The molecule has 2 N–H and O–H groups in total. The predicted octanol–water partition coefficient (Wildman–Crippen LogP) is 2.09. The summed E-state index contributed by atoms with van der Waals surface area (Å²) in [6.07, 6.45) is 4.95. The number of likely N-dealkylation sites (tertiary alicyclic amines) is 1. The van der Waals surface area contributed by atoms with E-state index in [4.69, 9.17) is 7.98 Å². The number of hydrogen-bond donors (Lipinski definition) is 2. The van der Waals surface area contributed by atoms with Gasteiger partial charge in [-0.05, 0) is 50.5 Å². The second kappa shape index (κ2) is 9.64. The van der Waals surface area contributed by atoms with Gasteiger partial charge in [-0.3, -0.25) is 9.59 Å². The van der Waals surface area contributed by atoms with Crippen LogP contribution in [-0.2, 0) is 20.8 Å². The SMILES string of the molecule is [B]N([C@@H](C)C(=O)N1[C@H](C(=O)O)C[C@H]2CCCC[C@@H]21)[C@@H](CCc1ccccc1)C(=O)O. The van der Waals surface area contributed by atoms with Gasteiger partial charge >= 0.3 is 11.9 Å². The molecule has 1 aliphatic heterocycles. The van der Waals surface area contributed by atoms with Gasteiger partial charge in [-0.1, -0.05) is 43.2 Å². The van der Waals surface area contributed by atoms with Gasteiger partial charge in [-0.2, -0.15) is 0 Å². The fraction of sp³-hybridized carbons (Fsp3) is 0.591.